The molecule has 0 aliphatic rings. The highest BCUT2D eigenvalue weighted by Crippen LogP contribution is 2.26. The minimum Gasteiger partial charge on any atom is -0.377 e. The van der Waals surface area contributed by atoms with E-state index >= 15 is 0 Å². The van der Waals surface area contributed by atoms with Gasteiger partial charge in [0.05, 0.1) is 16.3 Å². The van der Waals surface area contributed by atoms with Crippen molar-refractivity contribution in [3.05, 3.63) is 15.6 Å². The molecule has 0 spiro atoms. The Hall–Kier alpha value is -0.450. The Balaban J connectivity index is 2.73. The van der Waals surface area contributed by atoms with Crippen molar-refractivity contribution in [3.8, 4) is 0 Å². The molecule has 98 valence electrons. The first-order chi connectivity index (χ1) is 7.77. The molecule has 1 rings (SSSR count). The first-order valence-electron chi connectivity index (χ1n) is 6.03. The molecule has 0 aromatic carbocycles. The van der Waals surface area contributed by atoms with Crippen LogP contribution in [0.4, 0.5) is 0 Å². The van der Waals surface area contributed by atoms with E-state index < -0.39 is 0 Å². The van der Waals surface area contributed by atoms with Gasteiger partial charge < -0.3 is 10.1 Å². The number of rotatable bonds is 5. The highest BCUT2D eigenvalue weighted by Gasteiger charge is 2.27. The summed E-state index contributed by atoms with van der Waals surface area (Å²) in [7, 11) is 1.75. The zero-order valence-corrected chi connectivity index (χ0v) is 12.7. The fourth-order valence-electron chi connectivity index (χ4n) is 1.78. The lowest BCUT2D eigenvalue weighted by molar-refractivity contribution is -0.00757. The monoisotopic (exact) mass is 256 g/mol. The van der Waals surface area contributed by atoms with Gasteiger partial charge in [-0.25, -0.2) is 4.98 Å². The van der Waals surface area contributed by atoms with Crippen molar-refractivity contribution >= 4 is 11.3 Å². The van der Waals surface area contributed by atoms with Gasteiger partial charge >= 0.3 is 0 Å². The highest BCUT2D eigenvalue weighted by atomic mass is 32.1. The van der Waals surface area contributed by atoms with E-state index in [4.69, 9.17) is 4.74 Å². The topological polar surface area (TPSA) is 34.1 Å². The summed E-state index contributed by atoms with van der Waals surface area (Å²) in [5, 5.41) is 4.72. The smallest absolute Gasteiger partial charge is 0.0900 e. The van der Waals surface area contributed by atoms with Gasteiger partial charge in [-0.1, -0.05) is 0 Å². The zero-order chi connectivity index (χ0) is 13.2. The summed E-state index contributed by atoms with van der Waals surface area (Å²) < 4.78 is 5.50. The van der Waals surface area contributed by atoms with E-state index in [-0.39, 0.29) is 11.6 Å². The van der Waals surface area contributed by atoms with Crippen molar-refractivity contribution in [2.75, 3.05) is 7.11 Å². The van der Waals surface area contributed by atoms with Crippen molar-refractivity contribution in [1.29, 1.82) is 0 Å². The summed E-state index contributed by atoms with van der Waals surface area (Å²) in [6, 6.07) is 0.593. The fraction of sp³-hybridized carbons (Fsp3) is 0.769. The number of hydrogen-bond acceptors (Lipinski definition) is 4. The standard InChI is InChI=1S/C13H24N2OS/c1-8(12-9(2)15-11(4)17-12)14-10(3)13(5,6)16-7/h8,10,14H,1-7H3. The lowest BCUT2D eigenvalue weighted by Crippen LogP contribution is -2.46. The first-order valence-corrected chi connectivity index (χ1v) is 6.84. The van der Waals surface area contributed by atoms with Crippen LogP contribution in [0.25, 0.3) is 0 Å². The molecule has 1 heterocycles. The van der Waals surface area contributed by atoms with Crippen LogP contribution in [0.2, 0.25) is 0 Å². The third kappa shape index (κ3) is 3.50. The molecule has 0 fully saturated rings. The summed E-state index contributed by atoms with van der Waals surface area (Å²) in [6.07, 6.45) is 0. The van der Waals surface area contributed by atoms with Crippen LogP contribution in [-0.4, -0.2) is 23.7 Å². The number of aryl methyl sites for hydroxylation is 2. The van der Waals surface area contributed by atoms with Crippen LogP contribution in [0.3, 0.4) is 0 Å². The Kier molecular flexibility index (Phi) is 4.69. The van der Waals surface area contributed by atoms with Gasteiger partial charge in [0, 0.05) is 24.1 Å². The molecule has 17 heavy (non-hydrogen) atoms. The average molecular weight is 256 g/mol. The zero-order valence-electron chi connectivity index (χ0n) is 11.9. The largest absolute Gasteiger partial charge is 0.377 e. The molecule has 0 saturated carbocycles. The van der Waals surface area contributed by atoms with Gasteiger partial charge in [-0.05, 0) is 41.5 Å². The van der Waals surface area contributed by atoms with Crippen molar-refractivity contribution in [2.45, 2.75) is 59.2 Å². The fourth-order valence-corrected chi connectivity index (χ4v) is 2.72. The lowest BCUT2D eigenvalue weighted by Gasteiger charge is -2.33. The minimum absolute atomic E-state index is 0.165. The summed E-state index contributed by atoms with van der Waals surface area (Å²) in [6.45, 7) is 12.7. The van der Waals surface area contributed by atoms with Crippen LogP contribution in [0.5, 0.6) is 0 Å². The molecule has 2 unspecified atom stereocenters. The Morgan fingerprint density at radius 1 is 1.29 bits per heavy atom. The second kappa shape index (κ2) is 5.46. The lowest BCUT2D eigenvalue weighted by atomic mass is 9.99. The van der Waals surface area contributed by atoms with Gasteiger partial charge in [0.1, 0.15) is 0 Å². The highest BCUT2D eigenvalue weighted by molar-refractivity contribution is 7.11. The first kappa shape index (κ1) is 14.6. The maximum atomic E-state index is 5.50. The second-order valence-electron chi connectivity index (χ2n) is 5.10. The molecule has 0 radical (unpaired) electrons. The molecule has 0 amide bonds. The molecule has 0 bridgehead atoms. The molecular weight excluding hydrogens is 232 g/mol. The van der Waals surface area contributed by atoms with Crippen LogP contribution < -0.4 is 5.32 Å². The predicted octanol–water partition coefficient (Wildman–Crippen LogP) is 3.22. The Morgan fingerprint density at radius 3 is 2.29 bits per heavy atom. The SMILES string of the molecule is COC(C)(C)C(C)NC(C)c1sc(C)nc1C. The molecule has 1 N–H and O–H groups in total. The molecule has 1 aromatic rings. The second-order valence-corrected chi connectivity index (χ2v) is 6.33. The van der Waals surface area contributed by atoms with Crippen LogP contribution in [0.15, 0.2) is 0 Å². The Morgan fingerprint density at radius 2 is 1.88 bits per heavy atom. The van der Waals surface area contributed by atoms with Crippen molar-refractivity contribution in [3.63, 3.8) is 0 Å². The summed E-state index contributed by atoms with van der Waals surface area (Å²) in [5.41, 5.74) is 0.969. The third-order valence-electron chi connectivity index (χ3n) is 3.40. The van der Waals surface area contributed by atoms with Crippen LogP contribution >= 0.6 is 11.3 Å². The third-order valence-corrected chi connectivity index (χ3v) is 4.66. The van der Waals surface area contributed by atoms with Crippen LogP contribution in [0.1, 0.15) is 49.3 Å². The maximum Gasteiger partial charge on any atom is 0.0900 e. The van der Waals surface area contributed by atoms with Gasteiger partial charge in [0.25, 0.3) is 0 Å². The molecule has 0 aliphatic heterocycles. The van der Waals surface area contributed by atoms with Gasteiger partial charge in [-0.3, -0.25) is 0 Å². The van der Waals surface area contributed by atoms with E-state index in [9.17, 15) is 0 Å². The molecule has 4 heteroatoms. The van der Waals surface area contributed by atoms with E-state index in [0.717, 1.165) is 10.7 Å². The molecule has 0 saturated heterocycles. The van der Waals surface area contributed by atoms with E-state index in [2.05, 4.69) is 51.8 Å². The summed E-state index contributed by atoms with van der Waals surface area (Å²) in [4.78, 5) is 5.79. The van der Waals surface area contributed by atoms with Crippen molar-refractivity contribution in [2.24, 2.45) is 0 Å². The van der Waals surface area contributed by atoms with Gasteiger partial charge in [0.15, 0.2) is 0 Å². The molecular formula is C13H24N2OS. The normalized spacial score (nSPS) is 15.9. The number of nitrogens with one attached hydrogen (secondary N) is 1. The van der Waals surface area contributed by atoms with E-state index in [1.807, 2.05) is 0 Å². The Labute approximate surface area is 109 Å². The van der Waals surface area contributed by atoms with E-state index in [1.54, 1.807) is 18.4 Å². The quantitative estimate of drug-likeness (QED) is 0.878. The number of aromatic nitrogens is 1. The van der Waals surface area contributed by atoms with E-state index in [1.165, 1.54) is 4.88 Å². The summed E-state index contributed by atoms with van der Waals surface area (Å²) >= 11 is 1.77. The minimum atomic E-state index is -0.165. The molecule has 1 aromatic heterocycles. The number of nitrogens with zero attached hydrogens (tertiary/aromatic N) is 1. The van der Waals surface area contributed by atoms with Crippen LogP contribution in [0, 0.1) is 13.8 Å². The van der Waals surface area contributed by atoms with Crippen molar-refractivity contribution in [1.82, 2.24) is 10.3 Å². The number of thiazole rings is 1. The van der Waals surface area contributed by atoms with Gasteiger partial charge in [-0.15, -0.1) is 11.3 Å². The molecule has 2 atom stereocenters. The number of hydrogen-bond donors (Lipinski definition) is 1. The molecule has 0 aliphatic carbocycles. The predicted molar refractivity (Wildman–Crippen MR) is 73.7 cm³/mol. The molecule has 3 nitrogen and oxygen atoms in total. The van der Waals surface area contributed by atoms with Crippen molar-refractivity contribution < 1.29 is 4.74 Å². The number of ether oxygens (including phenoxy) is 1. The Bertz CT molecular complexity index is 373. The number of methoxy groups -OCH3 is 1. The average Bonchev–Trinajstić information content (AvgIpc) is 2.57. The van der Waals surface area contributed by atoms with E-state index in [0.29, 0.717) is 6.04 Å². The van der Waals surface area contributed by atoms with Crippen LogP contribution in [-0.2, 0) is 4.74 Å². The maximum absolute atomic E-state index is 5.50. The van der Waals surface area contributed by atoms with Gasteiger partial charge in [0.2, 0.25) is 0 Å². The summed E-state index contributed by atoms with van der Waals surface area (Å²) in [5.74, 6) is 0. The van der Waals surface area contributed by atoms with Gasteiger partial charge in [-0.2, -0.15) is 0 Å².